The minimum atomic E-state index is 0.0596. The molecule has 3 aromatic rings. The fourth-order valence-electron chi connectivity index (χ4n) is 1.66. The van der Waals surface area contributed by atoms with E-state index in [1.165, 1.54) is 11.1 Å². The molecule has 0 spiro atoms. The van der Waals surface area contributed by atoms with Crippen molar-refractivity contribution in [3.05, 3.63) is 42.7 Å². The molecule has 78 valence electrons. The Balaban J connectivity index is 2.14. The molecule has 0 aliphatic heterocycles. The van der Waals surface area contributed by atoms with Crippen molar-refractivity contribution in [3.8, 4) is 11.1 Å². The first kappa shape index (κ1) is 9.70. The van der Waals surface area contributed by atoms with E-state index in [4.69, 9.17) is 0 Å². The fraction of sp³-hybridized carbons (Fsp3) is 0.0833. The zero-order chi connectivity index (χ0) is 11.0. The first-order chi connectivity index (χ1) is 7.83. The Morgan fingerprint density at radius 2 is 1.69 bits per heavy atom. The molecule has 0 aliphatic rings. The number of aromatic nitrogens is 3. The Kier molecular flexibility index (Phi) is 2.31. The van der Waals surface area contributed by atoms with Crippen molar-refractivity contribution in [2.75, 3.05) is 0 Å². The van der Waals surface area contributed by atoms with E-state index in [1.54, 1.807) is 0 Å². The molecular weight excluding hydrogens is 265 g/mol. The molecule has 2 heterocycles. The number of aryl methyl sites for hydroxylation is 1. The molecule has 0 aliphatic carbocycles. The third-order valence-electron chi connectivity index (χ3n) is 2.57. The molecule has 0 N–H and O–H groups in total. The van der Waals surface area contributed by atoms with E-state index >= 15 is 0 Å². The molecule has 0 saturated heterocycles. The second-order valence-corrected chi connectivity index (χ2v) is 4.83. The van der Waals surface area contributed by atoms with Gasteiger partial charge in [0.1, 0.15) is 0 Å². The Bertz CT molecular complexity index is 628. The minimum absolute atomic E-state index is 0.0596. The van der Waals surface area contributed by atoms with E-state index in [0.29, 0.717) is 0 Å². The average molecular weight is 275 g/mol. The number of hydrogen-bond donors (Lipinski definition) is 0. The first-order valence-corrected chi connectivity index (χ1v) is 6.54. The quantitative estimate of drug-likeness (QED) is 0.493. The monoisotopic (exact) mass is 276 g/mol. The van der Waals surface area contributed by atoms with Crippen LogP contribution in [0.4, 0.5) is 0 Å². The van der Waals surface area contributed by atoms with Crippen LogP contribution in [0, 0.1) is 0 Å². The van der Waals surface area contributed by atoms with Gasteiger partial charge >= 0.3 is 99.4 Å². The van der Waals surface area contributed by atoms with Gasteiger partial charge in [0.05, 0.1) is 0 Å². The third-order valence-corrected chi connectivity index (χ3v) is 3.73. The Hall–Kier alpha value is -1.51. The van der Waals surface area contributed by atoms with E-state index in [0.717, 1.165) is 11.0 Å². The van der Waals surface area contributed by atoms with Gasteiger partial charge in [0.15, 0.2) is 0 Å². The first-order valence-electron chi connectivity index (χ1n) is 5.01. The number of nitrogens with zero attached hydrogens (tertiary/aromatic N) is 3. The van der Waals surface area contributed by atoms with Crippen LogP contribution in [0.25, 0.3) is 22.2 Å². The second-order valence-electron chi connectivity index (χ2n) is 3.72. The van der Waals surface area contributed by atoms with Crippen LogP contribution in [0.3, 0.4) is 0 Å². The topological polar surface area (TPSA) is 29.7 Å². The average Bonchev–Trinajstić information content (AvgIpc) is 2.77. The summed E-state index contributed by atoms with van der Waals surface area (Å²) in [5.74, 6) is 0. The number of benzene rings is 1. The van der Waals surface area contributed by atoms with Crippen LogP contribution in [-0.2, 0) is 7.05 Å². The SMILES string of the molecule is C[n+]1ccc(-c2ccc3n[se]nc3c2)cc1. The van der Waals surface area contributed by atoms with E-state index in [9.17, 15) is 0 Å². The van der Waals surface area contributed by atoms with Crippen molar-refractivity contribution in [1.29, 1.82) is 0 Å². The van der Waals surface area contributed by atoms with Gasteiger partial charge in [-0.1, -0.05) is 0 Å². The normalized spacial score (nSPS) is 10.8. The van der Waals surface area contributed by atoms with Crippen LogP contribution >= 0.6 is 0 Å². The molecule has 3 rings (SSSR count). The summed E-state index contributed by atoms with van der Waals surface area (Å²) in [4.78, 5) is 0. The number of fused-ring (bicyclic) bond motifs is 1. The van der Waals surface area contributed by atoms with Gasteiger partial charge < -0.3 is 0 Å². The van der Waals surface area contributed by atoms with Crippen molar-refractivity contribution in [2.24, 2.45) is 7.05 Å². The van der Waals surface area contributed by atoms with Crippen LogP contribution in [0.2, 0.25) is 0 Å². The molecule has 0 atom stereocenters. The summed E-state index contributed by atoms with van der Waals surface area (Å²) in [6.07, 6.45) is 4.10. The number of rotatable bonds is 1. The summed E-state index contributed by atoms with van der Waals surface area (Å²) < 4.78 is 10.8. The maximum atomic E-state index is 4.39. The second kappa shape index (κ2) is 3.81. The summed E-state index contributed by atoms with van der Waals surface area (Å²) in [5, 5.41) is 0. The molecule has 1 aromatic carbocycles. The van der Waals surface area contributed by atoms with Gasteiger partial charge in [0, 0.05) is 0 Å². The molecular formula is C12H10N3Se+. The maximum absolute atomic E-state index is 4.39. The van der Waals surface area contributed by atoms with E-state index in [1.807, 2.05) is 24.0 Å². The number of pyridine rings is 1. The summed E-state index contributed by atoms with van der Waals surface area (Å²) in [6, 6.07) is 10.5. The molecule has 2 aromatic heterocycles. The zero-order valence-electron chi connectivity index (χ0n) is 8.79. The standard InChI is InChI=1S/C12H10N3Se/c1-15-6-4-9(5-7-15)10-2-3-11-12(8-10)14-16-13-11/h2-8H,1H3/q+1. The molecule has 0 unspecified atom stereocenters. The van der Waals surface area contributed by atoms with Crippen molar-refractivity contribution in [3.63, 3.8) is 0 Å². The third kappa shape index (κ3) is 1.66. The van der Waals surface area contributed by atoms with Crippen LogP contribution in [0.5, 0.6) is 0 Å². The zero-order valence-corrected chi connectivity index (χ0v) is 10.5. The van der Waals surface area contributed by atoms with E-state index in [2.05, 4.69) is 38.3 Å². The summed E-state index contributed by atoms with van der Waals surface area (Å²) in [6.45, 7) is 0. The van der Waals surface area contributed by atoms with Crippen LogP contribution < -0.4 is 4.57 Å². The van der Waals surface area contributed by atoms with Crippen LogP contribution in [0.1, 0.15) is 0 Å². The van der Waals surface area contributed by atoms with Gasteiger partial charge in [-0.25, -0.2) is 0 Å². The van der Waals surface area contributed by atoms with Gasteiger partial charge in [-0.3, -0.25) is 0 Å². The molecule has 3 nitrogen and oxygen atoms in total. The predicted molar refractivity (Wildman–Crippen MR) is 63.1 cm³/mol. The summed E-state index contributed by atoms with van der Waals surface area (Å²) >= 11 is 0.0596. The van der Waals surface area contributed by atoms with E-state index < -0.39 is 0 Å². The number of hydrogen-bond acceptors (Lipinski definition) is 2. The van der Waals surface area contributed by atoms with Crippen molar-refractivity contribution in [1.82, 2.24) is 7.96 Å². The van der Waals surface area contributed by atoms with Gasteiger partial charge in [0.25, 0.3) is 0 Å². The predicted octanol–water partition coefficient (Wildman–Crippen LogP) is 1.18. The summed E-state index contributed by atoms with van der Waals surface area (Å²) in [5.41, 5.74) is 4.49. The molecule has 0 saturated carbocycles. The van der Waals surface area contributed by atoms with Gasteiger partial charge in [-0.05, 0) is 0 Å². The summed E-state index contributed by atoms with van der Waals surface area (Å²) in [7, 11) is 2.02. The van der Waals surface area contributed by atoms with Crippen LogP contribution in [-0.4, -0.2) is 22.9 Å². The molecule has 0 radical (unpaired) electrons. The molecule has 4 heteroatoms. The Morgan fingerprint density at radius 3 is 2.50 bits per heavy atom. The fourth-order valence-corrected chi connectivity index (χ4v) is 2.74. The molecule has 0 amide bonds. The van der Waals surface area contributed by atoms with Crippen molar-refractivity contribution >= 4 is 26.0 Å². The molecule has 16 heavy (non-hydrogen) atoms. The van der Waals surface area contributed by atoms with E-state index in [-0.39, 0.29) is 15.0 Å². The Labute approximate surface area is 99.6 Å². The molecule has 0 fully saturated rings. The van der Waals surface area contributed by atoms with Crippen molar-refractivity contribution < 1.29 is 4.57 Å². The molecule has 0 bridgehead atoms. The van der Waals surface area contributed by atoms with Gasteiger partial charge in [0.2, 0.25) is 0 Å². The van der Waals surface area contributed by atoms with Crippen molar-refractivity contribution in [2.45, 2.75) is 0 Å². The van der Waals surface area contributed by atoms with Gasteiger partial charge in [-0.15, -0.1) is 0 Å². The van der Waals surface area contributed by atoms with Crippen LogP contribution in [0.15, 0.2) is 42.7 Å². The Morgan fingerprint density at radius 1 is 0.938 bits per heavy atom. The van der Waals surface area contributed by atoms with Gasteiger partial charge in [-0.2, -0.15) is 0 Å².